The van der Waals surface area contributed by atoms with Crippen LogP contribution in [0, 0.1) is 0 Å². The second kappa shape index (κ2) is 6.91. The number of hydrogen-bond donors (Lipinski definition) is 0. The number of ether oxygens (including phenoxy) is 1. The van der Waals surface area contributed by atoms with E-state index in [1.807, 2.05) is 4.90 Å². The van der Waals surface area contributed by atoms with Gasteiger partial charge in [-0.05, 0) is 25.7 Å². The van der Waals surface area contributed by atoms with Crippen molar-refractivity contribution in [2.75, 3.05) is 19.5 Å². The minimum absolute atomic E-state index is 0.0686. The molecule has 1 aliphatic rings. The maximum absolute atomic E-state index is 12.4. The predicted octanol–water partition coefficient (Wildman–Crippen LogP) is 2.44. The zero-order chi connectivity index (χ0) is 13.7. The summed E-state index contributed by atoms with van der Waals surface area (Å²) in [7, 11) is 1.57. The van der Waals surface area contributed by atoms with Crippen molar-refractivity contribution in [3.8, 4) is 0 Å². The molecule has 1 aromatic rings. The monoisotopic (exact) mass is 286 g/mol. The molecule has 1 saturated heterocycles. The number of halogens is 1. The Balaban J connectivity index is 2.07. The summed E-state index contributed by atoms with van der Waals surface area (Å²) in [6.45, 7) is 1.10. The van der Waals surface area contributed by atoms with Crippen LogP contribution in [0.5, 0.6) is 0 Å². The van der Waals surface area contributed by atoms with Gasteiger partial charge in [0.15, 0.2) is 11.5 Å². The van der Waals surface area contributed by atoms with Crippen molar-refractivity contribution in [3.63, 3.8) is 0 Å². The molecular formula is C13H19ClN2O3. The molecule has 2 rings (SSSR count). The Bertz CT molecular complexity index is 420. The molecule has 1 aliphatic heterocycles. The first-order valence-corrected chi connectivity index (χ1v) is 7.11. The SMILES string of the molecule is COCc1cc(C(=O)N2CCCCC2CCCl)no1. The van der Waals surface area contributed by atoms with Crippen molar-refractivity contribution in [2.24, 2.45) is 0 Å². The second-order valence-corrected chi connectivity index (χ2v) is 5.12. The van der Waals surface area contributed by atoms with Crippen LogP contribution in [-0.4, -0.2) is 41.5 Å². The number of nitrogens with zero attached hydrogens (tertiary/aromatic N) is 2. The summed E-state index contributed by atoms with van der Waals surface area (Å²) < 4.78 is 10.0. The van der Waals surface area contributed by atoms with E-state index in [0.29, 0.717) is 23.9 Å². The Morgan fingerprint density at radius 2 is 2.47 bits per heavy atom. The first-order valence-electron chi connectivity index (χ1n) is 6.57. The number of aromatic nitrogens is 1. The van der Waals surface area contributed by atoms with Crippen LogP contribution in [0.15, 0.2) is 10.6 Å². The summed E-state index contributed by atoms with van der Waals surface area (Å²) >= 11 is 5.81. The summed E-state index contributed by atoms with van der Waals surface area (Å²) in [6.07, 6.45) is 4.03. The molecule has 1 aromatic heterocycles. The zero-order valence-electron chi connectivity index (χ0n) is 11.1. The summed E-state index contributed by atoms with van der Waals surface area (Å²) in [5.41, 5.74) is 0.355. The van der Waals surface area contributed by atoms with Crippen molar-refractivity contribution in [2.45, 2.75) is 38.3 Å². The lowest BCUT2D eigenvalue weighted by molar-refractivity contribution is 0.0598. The molecule has 0 aromatic carbocycles. The number of alkyl halides is 1. The average Bonchev–Trinajstić information content (AvgIpc) is 2.88. The van der Waals surface area contributed by atoms with Gasteiger partial charge in [0.1, 0.15) is 6.61 Å². The fourth-order valence-electron chi connectivity index (χ4n) is 2.47. The summed E-state index contributed by atoms with van der Waals surface area (Å²) in [6, 6.07) is 1.87. The summed E-state index contributed by atoms with van der Waals surface area (Å²) in [5, 5.41) is 3.83. The van der Waals surface area contributed by atoms with Crippen LogP contribution >= 0.6 is 11.6 Å². The molecule has 1 fully saturated rings. The molecule has 0 saturated carbocycles. The lowest BCUT2D eigenvalue weighted by Gasteiger charge is -2.35. The number of likely N-dealkylation sites (tertiary alicyclic amines) is 1. The Labute approximate surface area is 117 Å². The lowest BCUT2D eigenvalue weighted by Crippen LogP contribution is -2.44. The van der Waals surface area contributed by atoms with Gasteiger partial charge >= 0.3 is 0 Å². The fraction of sp³-hybridized carbons (Fsp3) is 0.692. The number of amides is 1. The predicted molar refractivity (Wildman–Crippen MR) is 71.2 cm³/mol. The Hall–Kier alpha value is -1.07. The number of methoxy groups -OCH3 is 1. The van der Waals surface area contributed by atoms with E-state index in [1.165, 1.54) is 0 Å². The highest BCUT2D eigenvalue weighted by Gasteiger charge is 2.28. The van der Waals surface area contributed by atoms with E-state index < -0.39 is 0 Å². The Kier molecular flexibility index (Phi) is 5.22. The van der Waals surface area contributed by atoms with Crippen LogP contribution in [0.2, 0.25) is 0 Å². The van der Waals surface area contributed by atoms with Gasteiger partial charge in [-0.25, -0.2) is 0 Å². The highest BCUT2D eigenvalue weighted by molar-refractivity contribution is 6.17. The molecule has 0 bridgehead atoms. The van der Waals surface area contributed by atoms with Crippen molar-refractivity contribution >= 4 is 17.5 Å². The smallest absolute Gasteiger partial charge is 0.276 e. The van der Waals surface area contributed by atoms with Crippen molar-refractivity contribution in [1.29, 1.82) is 0 Å². The largest absolute Gasteiger partial charge is 0.377 e. The molecule has 106 valence electrons. The minimum Gasteiger partial charge on any atom is -0.377 e. The van der Waals surface area contributed by atoms with Gasteiger partial charge in [-0.1, -0.05) is 5.16 Å². The van der Waals surface area contributed by atoms with Gasteiger partial charge in [0.05, 0.1) is 0 Å². The van der Waals surface area contributed by atoms with Gasteiger partial charge < -0.3 is 14.2 Å². The van der Waals surface area contributed by atoms with Gasteiger partial charge in [0.2, 0.25) is 0 Å². The summed E-state index contributed by atoms with van der Waals surface area (Å²) in [5.74, 6) is 1.07. The van der Waals surface area contributed by atoms with Gasteiger partial charge in [-0.15, -0.1) is 11.6 Å². The number of rotatable bonds is 5. The highest BCUT2D eigenvalue weighted by atomic mass is 35.5. The van der Waals surface area contributed by atoms with E-state index >= 15 is 0 Å². The van der Waals surface area contributed by atoms with Crippen molar-refractivity contribution < 1.29 is 14.1 Å². The van der Waals surface area contributed by atoms with Crippen LogP contribution in [0.1, 0.15) is 41.9 Å². The quantitative estimate of drug-likeness (QED) is 0.780. The first kappa shape index (κ1) is 14.3. The fourth-order valence-corrected chi connectivity index (χ4v) is 2.72. The molecule has 1 amide bonds. The Morgan fingerprint density at radius 3 is 3.21 bits per heavy atom. The molecule has 6 heteroatoms. The first-order chi connectivity index (χ1) is 9.26. The van der Waals surface area contributed by atoms with Crippen molar-refractivity contribution in [1.82, 2.24) is 10.1 Å². The molecular weight excluding hydrogens is 268 g/mol. The van der Waals surface area contributed by atoms with Crippen LogP contribution < -0.4 is 0 Å². The number of carbonyl (C=O) groups excluding carboxylic acids is 1. The molecule has 2 heterocycles. The van der Waals surface area contributed by atoms with Crippen LogP contribution in [-0.2, 0) is 11.3 Å². The van der Waals surface area contributed by atoms with Crippen LogP contribution in [0.3, 0.4) is 0 Å². The van der Waals surface area contributed by atoms with Crippen LogP contribution in [0.25, 0.3) is 0 Å². The maximum Gasteiger partial charge on any atom is 0.276 e. The van der Waals surface area contributed by atoms with Gasteiger partial charge in [-0.2, -0.15) is 0 Å². The molecule has 0 spiro atoms. The molecule has 0 radical (unpaired) electrons. The molecule has 0 N–H and O–H groups in total. The average molecular weight is 287 g/mol. The third-order valence-corrected chi connectivity index (χ3v) is 3.61. The topological polar surface area (TPSA) is 55.6 Å². The summed E-state index contributed by atoms with van der Waals surface area (Å²) in [4.78, 5) is 14.3. The van der Waals surface area contributed by atoms with Gasteiger partial charge in [0.25, 0.3) is 5.91 Å². The molecule has 19 heavy (non-hydrogen) atoms. The van der Waals surface area contributed by atoms with E-state index in [2.05, 4.69) is 5.16 Å². The van der Waals surface area contributed by atoms with E-state index in [9.17, 15) is 4.79 Å². The van der Waals surface area contributed by atoms with Crippen LogP contribution in [0.4, 0.5) is 0 Å². The van der Waals surface area contributed by atoms with Gasteiger partial charge in [-0.3, -0.25) is 4.79 Å². The van der Waals surface area contributed by atoms with E-state index in [-0.39, 0.29) is 11.9 Å². The standard InChI is InChI=1S/C13H19ClN2O3/c1-18-9-11-8-12(15-19-11)13(17)16-7-3-2-4-10(16)5-6-14/h8,10H,2-7,9H2,1H3. The normalized spacial score (nSPS) is 19.7. The third-order valence-electron chi connectivity index (χ3n) is 3.39. The minimum atomic E-state index is -0.0686. The third kappa shape index (κ3) is 3.48. The van der Waals surface area contributed by atoms with E-state index in [0.717, 1.165) is 32.2 Å². The maximum atomic E-state index is 12.4. The lowest BCUT2D eigenvalue weighted by atomic mass is 9.99. The molecule has 1 atom stereocenters. The second-order valence-electron chi connectivity index (χ2n) is 4.74. The molecule has 0 aliphatic carbocycles. The Morgan fingerprint density at radius 1 is 1.63 bits per heavy atom. The number of carbonyl (C=O) groups is 1. The van der Waals surface area contributed by atoms with Gasteiger partial charge in [0, 0.05) is 31.6 Å². The molecule has 5 nitrogen and oxygen atoms in total. The van der Waals surface area contributed by atoms with E-state index in [4.69, 9.17) is 20.9 Å². The highest BCUT2D eigenvalue weighted by Crippen LogP contribution is 2.22. The molecule has 1 unspecified atom stereocenters. The van der Waals surface area contributed by atoms with E-state index in [1.54, 1.807) is 13.2 Å². The zero-order valence-corrected chi connectivity index (χ0v) is 11.9. The number of piperidine rings is 1. The number of hydrogen-bond acceptors (Lipinski definition) is 4. The van der Waals surface area contributed by atoms with Crippen molar-refractivity contribution in [3.05, 3.63) is 17.5 Å².